The molecule has 1 aromatic carbocycles. The Morgan fingerprint density at radius 2 is 1.91 bits per heavy atom. The highest BCUT2D eigenvalue weighted by Crippen LogP contribution is 2.42. The molecule has 2 fully saturated rings. The molecule has 11 heteroatoms. The van der Waals surface area contributed by atoms with Crippen LogP contribution >= 0.6 is 11.6 Å². The molecule has 33 heavy (non-hydrogen) atoms. The maximum absolute atomic E-state index is 15.2. The second kappa shape index (κ2) is 8.03. The predicted molar refractivity (Wildman–Crippen MR) is 118 cm³/mol. The van der Waals surface area contributed by atoms with Gasteiger partial charge in [0.1, 0.15) is 17.1 Å². The second-order valence-corrected chi connectivity index (χ2v) is 8.81. The summed E-state index contributed by atoms with van der Waals surface area (Å²) in [6.07, 6.45) is 2.99. The van der Waals surface area contributed by atoms with Crippen molar-refractivity contribution >= 4 is 34.2 Å². The number of anilines is 1. The van der Waals surface area contributed by atoms with Gasteiger partial charge in [0.15, 0.2) is 5.76 Å². The molecule has 0 spiro atoms. The molecule has 3 aromatic rings. The molecule has 2 aliphatic rings. The van der Waals surface area contributed by atoms with Crippen molar-refractivity contribution in [3.8, 4) is 0 Å². The second-order valence-electron chi connectivity index (χ2n) is 8.43. The molecule has 1 saturated carbocycles. The first kappa shape index (κ1) is 21.7. The van der Waals surface area contributed by atoms with Gasteiger partial charge < -0.3 is 23.4 Å². The number of nitrogens with zero attached hydrogens (tertiary/aromatic N) is 3. The van der Waals surface area contributed by atoms with Gasteiger partial charge in [-0.25, -0.2) is 14.0 Å². The Balaban J connectivity index is 1.48. The smallest absolute Gasteiger partial charge is 0.477 e. The molecule has 5 rings (SSSR count). The summed E-state index contributed by atoms with van der Waals surface area (Å²) in [5, 5.41) is 9.49. The van der Waals surface area contributed by atoms with Crippen LogP contribution in [0.1, 0.15) is 40.8 Å². The molecule has 0 radical (unpaired) electrons. The van der Waals surface area contributed by atoms with Gasteiger partial charge in [0.2, 0.25) is 5.43 Å². The molecule has 1 aliphatic heterocycles. The van der Waals surface area contributed by atoms with E-state index in [0.717, 1.165) is 18.9 Å². The fourth-order valence-corrected chi connectivity index (χ4v) is 4.78. The minimum absolute atomic E-state index is 0.0304. The molecule has 3 heterocycles. The highest BCUT2D eigenvalue weighted by molar-refractivity contribution is 6.38. The van der Waals surface area contributed by atoms with Crippen molar-refractivity contribution in [1.29, 1.82) is 0 Å². The summed E-state index contributed by atoms with van der Waals surface area (Å²) in [5.41, 5.74) is -0.577. The zero-order valence-corrected chi connectivity index (χ0v) is 18.5. The van der Waals surface area contributed by atoms with E-state index in [2.05, 4.69) is 4.90 Å². The first-order valence-corrected chi connectivity index (χ1v) is 11.0. The van der Waals surface area contributed by atoms with Crippen LogP contribution in [0.4, 0.5) is 10.1 Å². The summed E-state index contributed by atoms with van der Waals surface area (Å²) in [4.78, 5) is 39.4. The van der Waals surface area contributed by atoms with Crippen molar-refractivity contribution in [2.24, 2.45) is 0 Å². The van der Waals surface area contributed by atoms with Crippen LogP contribution < -0.4 is 16.2 Å². The number of hydrogen-bond donors (Lipinski definition) is 1. The van der Waals surface area contributed by atoms with Crippen molar-refractivity contribution in [1.82, 2.24) is 9.47 Å². The SMILES string of the molecule is Cc1oc(=O)oc1CN1CCN(c2c(F)cc3c(=O)c(C(=O)O)cn(C4CC4)c3c2Cl)CC1. The minimum Gasteiger partial charge on any atom is -0.477 e. The topological polar surface area (TPSA) is 109 Å². The van der Waals surface area contributed by atoms with Gasteiger partial charge in [-0.15, -0.1) is 0 Å². The number of fused-ring (bicyclic) bond motifs is 1. The van der Waals surface area contributed by atoms with Crippen LogP contribution in [0.3, 0.4) is 0 Å². The molecular weight excluding hydrogens is 457 g/mol. The van der Waals surface area contributed by atoms with Crippen LogP contribution in [0.25, 0.3) is 10.9 Å². The lowest BCUT2D eigenvalue weighted by Gasteiger charge is -2.36. The Morgan fingerprint density at radius 1 is 1.21 bits per heavy atom. The molecule has 1 aliphatic carbocycles. The number of carboxylic acid groups (broad SMARTS) is 1. The summed E-state index contributed by atoms with van der Waals surface area (Å²) in [6.45, 7) is 4.12. The van der Waals surface area contributed by atoms with Crippen LogP contribution in [-0.4, -0.2) is 46.7 Å². The first-order chi connectivity index (χ1) is 15.7. The quantitative estimate of drug-likeness (QED) is 0.597. The molecule has 1 N–H and O–H groups in total. The van der Waals surface area contributed by atoms with Crippen LogP contribution in [0.5, 0.6) is 0 Å². The summed E-state index contributed by atoms with van der Waals surface area (Å²) in [5.74, 6) is -1.86. The number of halogens is 2. The Bertz CT molecular complexity index is 1380. The van der Waals surface area contributed by atoms with E-state index in [-0.39, 0.29) is 22.1 Å². The number of piperazine rings is 1. The number of hydrogen-bond acceptors (Lipinski definition) is 7. The largest absolute Gasteiger partial charge is 0.519 e. The van der Waals surface area contributed by atoms with Crippen molar-refractivity contribution in [3.63, 3.8) is 0 Å². The van der Waals surface area contributed by atoms with E-state index in [1.165, 1.54) is 6.20 Å². The molecule has 0 bridgehead atoms. The van der Waals surface area contributed by atoms with Gasteiger partial charge in [-0.1, -0.05) is 11.6 Å². The van der Waals surface area contributed by atoms with Gasteiger partial charge in [-0.2, -0.15) is 0 Å². The highest BCUT2D eigenvalue weighted by atomic mass is 35.5. The zero-order chi connectivity index (χ0) is 23.4. The zero-order valence-electron chi connectivity index (χ0n) is 17.8. The number of carbonyl (C=O) groups is 1. The molecule has 174 valence electrons. The predicted octanol–water partition coefficient (Wildman–Crippen LogP) is 3.00. The van der Waals surface area contributed by atoms with Crippen LogP contribution in [0.2, 0.25) is 5.02 Å². The third-order valence-corrected chi connectivity index (χ3v) is 6.60. The fraction of sp³-hybridized carbons (Fsp3) is 0.409. The number of rotatable bonds is 5. The van der Waals surface area contributed by atoms with Gasteiger partial charge in [0.25, 0.3) is 0 Å². The maximum Gasteiger partial charge on any atom is 0.519 e. The molecule has 2 aromatic heterocycles. The summed E-state index contributed by atoms with van der Waals surface area (Å²) < 4.78 is 26.9. The van der Waals surface area contributed by atoms with E-state index in [9.17, 15) is 19.5 Å². The summed E-state index contributed by atoms with van der Waals surface area (Å²) in [6, 6.07) is 1.13. The van der Waals surface area contributed by atoms with Crippen molar-refractivity contribution in [2.45, 2.75) is 32.4 Å². The summed E-state index contributed by atoms with van der Waals surface area (Å²) >= 11 is 6.69. The van der Waals surface area contributed by atoms with Gasteiger partial charge in [0.05, 0.1) is 28.2 Å². The van der Waals surface area contributed by atoms with Gasteiger partial charge in [-0.3, -0.25) is 9.69 Å². The summed E-state index contributed by atoms with van der Waals surface area (Å²) in [7, 11) is 0. The molecule has 0 unspecified atom stereocenters. The third kappa shape index (κ3) is 3.83. The Hall–Kier alpha value is -3.11. The third-order valence-electron chi connectivity index (χ3n) is 6.25. The Labute approximate surface area is 191 Å². The lowest BCUT2D eigenvalue weighted by molar-refractivity contribution is 0.0695. The van der Waals surface area contributed by atoms with E-state index in [0.29, 0.717) is 49.8 Å². The van der Waals surface area contributed by atoms with Crippen molar-refractivity contribution in [2.75, 3.05) is 31.1 Å². The van der Waals surface area contributed by atoms with Crippen molar-refractivity contribution < 1.29 is 23.1 Å². The molecule has 9 nitrogen and oxygen atoms in total. The average Bonchev–Trinajstić information content (AvgIpc) is 3.55. The van der Waals surface area contributed by atoms with E-state index in [1.807, 2.05) is 4.90 Å². The number of benzene rings is 1. The van der Waals surface area contributed by atoms with Crippen LogP contribution in [-0.2, 0) is 6.54 Å². The van der Waals surface area contributed by atoms with Crippen LogP contribution in [0.15, 0.2) is 30.7 Å². The standard InChI is InChI=1S/C22H21ClFN3O6/c1-11-16(33-22(31)32-11)10-25-4-6-26(7-5-25)19-15(24)8-13-18(17(19)23)27(12-2-3-12)9-14(20(13)28)21(29)30/h8-9,12H,2-7,10H2,1H3,(H,29,30). The van der Waals surface area contributed by atoms with Crippen molar-refractivity contribution in [3.05, 3.63) is 61.0 Å². The Kier molecular flexibility index (Phi) is 5.29. The highest BCUT2D eigenvalue weighted by Gasteiger charge is 2.31. The normalized spacial score (nSPS) is 17.1. The maximum atomic E-state index is 15.2. The first-order valence-electron chi connectivity index (χ1n) is 10.6. The van der Waals surface area contributed by atoms with E-state index >= 15 is 4.39 Å². The number of carboxylic acids is 1. The molecular formula is C22H21ClFN3O6. The number of aromatic carboxylic acids is 1. The molecule has 1 saturated heterocycles. The van der Waals surface area contributed by atoms with Gasteiger partial charge in [0, 0.05) is 38.4 Å². The average molecular weight is 478 g/mol. The van der Waals surface area contributed by atoms with Gasteiger partial charge in [-0.05, 0) is 25.8 Å². The van der Waals surface area contributed by atoms with E-state index in [4.69, 9.17) is 20.4 Å². The molecule has 0 atom stereocenters. The van der Waals surface area contributed by atoms with Crippen LogP contribution in [0, 0.1) is 12.7 Å². The minimum atomic E-state index is -1.35. The van der Waals surface area contributed by atoms with Gasteiger partial charge >= 0.3 is 11.8 Å². The number of aromatic nitrogens is 1. The number of pyridine rings is 1. The lowest BCUT2D eigenvalue weighted by Crippen LogP contribution is -2.46. The fourth-order valence-electron chi connectivity index (χ4n) is 4.37. The Morgan fingerprint density at radius 3 is 2.48 bits per heavy atom. The van der Waals surface area contributed by atoms with E-state index in [1.54, 1.807) is 11.5 Å². The van der Waals surface area contributed by atoms with E-state index < -0.39 is 28.6 Å². The monoisotopic (exact) mass is 477 g/mol. The molecule has 0 amide bonds. The lowest BCUT2D eigenvalue weighted by atomic mass is 10.1. The number of aryl methyl sites for hydroxylation is 1.